The number of hydrogen-bond donors (Lipinski definition) is 1. The van der Waals surface area contributed by atoms with E-state index in [0.717, 1.165) is 29.7 Å². The van der Waals surface area contributed by atoms with E-state index in [1.54, 1.807) is 0 Å². The summed E-state index contributed by atoms with van der Waals surface area (Å²) in [7, 11) is 0. The first-order chi connectivity index (χ1) is 10.1. The monoisotopic (exact) mass is 289 g/mol. The van der Waals surface area contributed by atoms with Gasteiger partial charge >= 0.3 is 0 Å². The third-order valence-corrected chi connectivity index (χ3v) is 4.12. The van der Waals surface area contributed by atoms with Gasteiger partial charge < -0.3 is 10.1 Å². The zero-order chi connectivity index (χ0) is 15.2. The summed E-state index contributed by atoms with van der Waals surface area (Å²) >= 11 is 0. The largest absolute Gasteiger partial charge is 0.483 e. The van der Waals surface area contributed by atoms with Crippen molar-refractivity contribution in [3.05, 3.63) is 29.3 Å². The molecule has 0 aliphatic heterocycles. The highest BCUT2D eigenvalue weighted by atomic mass is 16.5. The van der Waals surface area contributed by atoms with Crippen LogP contribution in [0.1, 0.15) is 63.0 Å². The highest BCUT2D eigenvalue weighted by molar-refractivity contribution is 5.77. The highest BCUT2D eigenvalue weighted by Crippen LogP contribution is 2.27. The van der Waals surface area contributed by atoms with Gasteiger partial charge in [0.05, 0.1) is 0 Å². The van der Waals surface area contributed by atoms with Crippen molar-refractivity contribution in [1.82, 2.24) is 5.32 Å². The smallest absolute Gasteiger partial charge is 0.258 e. The SMILES string of the molecule is Cc1ccc(C(C)C)c(OCC(=O)NC2CCCCC2)c1. The van der Waals surface area contributed by atoms with Gasteiger partial charge in [0.1, 0.15) is 5.75 Å². The van der Waals surface area contributed by atoms with Gasteiger partial charge in [0, 0.05) is 6.04 Å². The molecule has 0 heterocycles. The van der Waals surface area contributed by atoms with Crippen molar-refractivity contribution in [2.75, 3.05) is 6.61 Å². The van der Waals surface area contributed by atoms with Gasteiger partial charge in [-0.15, -0.1) is 0 Å². The Morgan fingerprint density at radius 3 is 2.67 bits per heavy atom. The summed E-state index contributed by atoms with van der Waals surface area (Å²) in [5.74, 6) is 1.23. The Bertz CT molecular complexity index is 476. The average molecular weight is 289 g/mol. The number of carbonyl (C=O) groups excluding carboxylic acids is 1. The summed E-state index contributed by atoms with van der Waals surface area (Å²) in [6.45, 7) is 6.43. The topological polar surface area (TPSA) is 38.3 Å². The lowest BCUT2D eigenvalue weighted by Gasteiger charge is -2.23. The number of carbonyl (C=O) groups is 1. The lowest BCUT2D eigenvalue weighted by atomic mass is 9.95. The number of hydrogen-bond acceptors (Lipinski definition) is 2. The van der Waals surface area contributed by atoms with Gasteiger partial charge in [0.2, 0.25) is 0 Å². The van der Waals surface area contributed by atoms with Crippen LogP contribution in [0.4, 0.5) is 0 Å². The van der Waals surface area contributed by atoms with Crippen molar-refractivity contribution < 1.29 is 9.53 Å². The van der Waals surface area contributed by atoms with Crippen molar-refractivity contribution in [3.8, 4) is 5.75 Å². The molecule has 21 heavy (non-hydrogen) atoms. The minimum atomic E-state index is -0.00175. The molecule has 0 saturated heterocycles. The highest BCUT2D eigenvalue weighted by Gasteiger charge is 2.16. The van der Waals surface area contributed by atoms with Crippen molar-refractivity contribution >= 4 is 5.91 Å². The zero-order valence-corrected chi connectivity index (χ0v) is 13.4. The zero-order valence-electron chi connectivity index (χ0n) is 13.4. The quantitative estimate of drug-likeness (QED) is 0.891. The van der Waals surface area contributed by atoms with Gasteiger partial charge in [-0.1, -0.05) is 45.2 Å². The van der Waals surface area contributed by atoms with Crippen LogP contribution in [-0.2, 0) is 4.79 Å². The number of amides is 1. The van der Waals surface area contributed by atoms with E-state index in [-0.39, 0.29) is 12.5 Å². The standard InChI is InChI=1S/C18H27NO2/c1-13(2)16-10-9-14(3)11-17(16)21-12-18(20)19-15-7-5-4-6-8-15/h9-11,13,15H,4-8,12H2,1-3H3,(H,19,20). The van der Waals surface area contributed by atoms with Crippen LogP contribution in [-0.4, -0.2) is 18.6 Å². The molecule has 1 N–H and O–H groups in total. The van der Waals surface area contributed by atoms with E-state index in [4.69, 9.17) is 4.74 Å². The number of benzene rings is 1. The molecule has 0 aromatic heterocycles. The normalized spacial score (nSPS) is 16.0. The lowest BCUT2D eigenvalue weighted by Crippen LogP contribution is -2.39. The summed E-state index contributed by atoms with van der Waals surface area (Å²) in [4.78, 5) is 12.0. The van der Waals surface area contributed by atoms with Crippen LogP contribution in [0.15, 0.2) is 18.2 Å². The second kappa shape index (κ2) is 7.48. The Balaban J connectivity index is 1.89. The molecule has 0 radical (unpaired) electrons. The van der Waals surface area contributed by atoms with Crippen molar-refractivity contribution in [3.63, 3.8) is 0 Å². The summed E-state index contributed by atoms with van der Waals surface area (Å²) in [6, 6.07) is 6.54. The van der Waals surface area contributed by atoms with E-state index in [2.05, 4.69) is 31.3 Å². The minimum absolute atomic E-state index is 0.00175. The van der Waals surface area contributed by atoms with Gasteiger partial charge in [-0.05, 0) is 42.9 Å². The molecule has 2 rings (SSSR count). The molecular formula is C18H27NO2. The molecule has 0 bridgehead atoms. The van der Waals surface area contributed by atoms with E-state index < -0.39 is 0 Å². The van der Waals surface area contributed by atoms with E-state index in [0.29, 0.717) is 12.0 Å². The third kappa shape index (κ3) is 4.76. The maximum atomic E-state index is 12.0. The molecule has 116 valence electrons. The van der Waals surface area contributed by atoms with Crippen LogP contribution in [0.2, 0.25) is 0 Å². The van der Waals surface area contributed by atoms with E-state index in [1.807, 2.05) is 13.0 Å². The molecule has 0 atom stereocenters. The Labute approximate surface area is 128 Å². The number of ether oxygens (including phenoxy) is 1. The number of aryl methyl sites for hydroxylation is 1. The van der Waals surface area contributed by atoms with Crippen LogP contribution >= 0.6 is 0 Å². The molecule has 3 heteroatoms. The van der Waals surface area contributed by atoms with E-state index in [1.165, 1.54) is 19.3 Å². The minimum Gasteiger partial charge on any atom is -0.483 e. The Kier molecular flexibility index (Phi) is 5.66. The van der Waals surface area contributed by atoms with Crippen LogP contribution < -0.4 is 10.1 Å². The number of nitrogens with one attached hydrogen (secondary N) is 1. The summed E-state index contributed by atoms with van der Waals surface area (Å²) in [6.07, 6.45) is 5.95. The fourth-order valence-corrected chi connectivity index (χ4v) is 2.90. The first-order valence-electron chi connectivity index (χ1n) is 8.09. The summed E-state index contributed by atoms with van der Waals surface area (Å²) < 4.78 is 5.77. The fraction of sp³-hybridized carbons (Fsp3) is 0.611. The fourth-order valence-electron chi connectivity index (χ4n) is 2.90. The third-order valence-electron chi connectivity index (χ3n) is 4.12. The molecule has 3 nitrogen and oxygen atoms in total. The summed E-state index contributed by atoms with van der Waals surface area (Å²) in [5.41, 5.74) is 2.31. The van der Waals surface area contributed by atoms with E-state index in [9.17, 15) is 4.79 Å². The predicted octanol–water partition coefficient (Wildman–Crippen LogP) is 3.95. The lowest BCUT2D eigenvalue weighted by molar-refractivity contribution is -0.124. The summed E-state index contributed by atoms with van der Waals surface area (Å²) in [5, 5.41) is 3.09. The molecule has 1 aliphatic rings. The van der Waals surface area contributed by atoms with Crippen LogP contribution in [0.5, 0.6) is 5.75 Å². The molecule has 1 fully saturated rings. The Morgan fingerprint density at radius 1 is 1.29 bits per heavy atom. The number of rotatable bonds is 5. The van der Waals surface area contributed by atoms with Gasteiger partial charge in [-0.2, -0.15) is 0 Å². The molecule has 1 aromatic rings. The van der Waals surface area contributed by atoms with Crippen molar-refractivity contribution in [2.45, 2.75) is 64.8 Å². The van der Waals surface area contributed by atoms with Gasteiger partial charge in [-0.3, -0.25) is 4.79 Å². The molecule has 1 amide bonds. The Hall–Kier alpha value is -1.51. The van der Waals surface area contributed by atoms with Gasteiger partial charge in [0.25, 0.3) is 5.91 Å². The maximum absolute atomic E-state index is 12.0. The van der Waals surface area contributed by atoms with Gasteiger partial charge in [0.15, 0.2) is 6.61 Å². The first kappa shape index (κ1) is 15.9. The van der Waals surface area contributed by atoms with Crippen LogP contribution in [0.25, 0.3) is 0 Å². The van der Waals surface area contributed by atoms with Crippen molar-refractivity contribution in [2.24, 2.45) is 0 Å². The Morgan fingerprint density at radius 2 is 2.00 bits per heavy atom. The molecule has 1 saturated carbocycles. The molecule has 1 aromatic carbocycles. The van der Waals surface area contributed by atoms with Crippen LogP contribution in [0, 0.1) is 6.92 Å². The van der Waals surface area contributed by atoms with Crippen molar-refractivity contribution in [1.29, 1.82) is 0 Å². The maximum Gasteiger partial charge on any atom is 0.258 e. The van der Waals surface area contributed by atoms with Crippen LogP contribution in [0.3, 0.4) is 0 Å². The van der Waals surface area contributed by atoms with Gasteiger partial charge in [-0.25, -0.2) is 0 Å². The molecule has 0 unspecified atom stereocenters. The predicted molar refractivity (Wildman–Crippen MR) is 85.8 cm³/mol. The molecule has 0 spiro atoms. The first-order valence-corrected chi connectivity index (χ1v) is 8.09. The van der Waals surface area contributed by atoms with E-state index >= 15 is 0 Å². The average Bonchev–Trinajstić information content (AvgIpc) is 2.46. The molecule has 1 aliphatic carbocycles. The second-order valence-corrected chi connectivity index (χ2v) is 6.39. The second-order valence-electron chi connectivity index (χ2n) is 6.39. The molecular weight excluding hydrogens is 262 g/mol.